The fourth-order valence-electron chi connectivity index (χ4n) is 2.36. The Labute approximate surface area is 110 Å². The summed E-state index contributed by atoms with van der Waals surface area (Å²) in [4.78, 5) is 12.2. The predicted octanol–water partition coefficient (Wildman–Crippen LogP) is 1.88. The van der Waals surface area contributed by atoms with Gasteiger partial charge < -0.3 is 15.2 Å². The van der Waals surface area contributed by atoms with Gasteiger partial charge in [0.2, 0.25) is 0 Å². The van der Waals surface area contributed by atoms with E-state index in [9.17, 15) is 9.90 Å². The number of methoxy groups -OCH3 is 1. The van der Waals surface area contributed by atoms with Crippen LogP contribution < -0.4 is 10.1 Å². The number of rotatable bonds is 2. The molecule has 2 aromatic carbocycles. The topological polar surface area (TPSA) is 58.6 Å². The average molecular weight is 255 g/mol. The van der Waals surface area contributed by atoms with Gasteiger partial charge in [-0.1, -0.05) is 30.3 Å². The summed E-state index contributed by atoms with van der Waals surface area (Å²) in [7, 11) is 1.55. The maximum atomic E-state index is 12.2. The van der Waals surface area contributed by atoms with Gasteiger partial charge in [-0.05, 0) is 23.8 Å². The van der Waals surface area contributed by atoms with Gasteiger partial charge in [0.15, 0.2) is 5.60 Å². The molecule has 1 amide bonds. The monoisotopic (exact) mass is 255 g/mol. The lowest BCUT2D eigenvalue weighted by Crippen LogP contribution is -2.35. The standard InChI is InChI=1S/C15H13NO3/c1-19-11-7-8-13-12(9-11)15(18,14(17)16-13)10-5-3-2-4-6-10/h2-9,18H,1H3,(H,16,17). The Morgan fingerprint density at radius 3 is 2.58 bits per heavy atom. The molecule has 1 aliphatic heterocycles. The molecule has 1 aliphatic rings. The summed E-state index contributed by atoms with van der Waals surface area (Å²) in [5.41, 5.74) is 0.00482. The van der Waals surface area contributed by atoms with Crippen molar-refractivity contribution in [1.82, 2.24) is 0 Å². The predicted molar refractivity (Wildman–Crippen MR) is 71.1 cm³/mol. The number of fused-ring (bicyclic) bond motifs is 1. The number of carbonyl (C=O) groups excluding carboxylic acids is 1. The van der Waals surface area contributed by atoms with Gasteiger partial charge in [-0.15, -0.1) is 0 Å². The van der Waals surface area contributed by atoms with E-state index in [4.69, 9.17) is 4.74 Å². The molecule has 0 fully saturated rings. The molecule has 2 aromatic rings. The Hall–Kier alpha value is -2.33. The van der Waals surface area contributed by atoms with Crippen LogP contribution in [0, 0.1) is 0 Å². The molecule has 0 saturated carbocycles. The van der Waals surface area contributed by atoms with E-state index < -0.39 is 11.5 Å². The highest BCUT2D eigenvalue weighted by Gasteiger charge is 2.46. The molecular weight excluding hydrogens is 242 g/mol. The highest BCUT2D eigenvalue weighted by molar-refractivity contribution is 6.07. The number of ether oxygens (including phenoxy) is 1. The molecule has 0 aliphatic carbocycles. The van der Waals surface area contributed by atoms with E-state index in [1.54, 1.807) is 49.6 Å². The fraction of sp³-hybridized carbons (Fsp3) is 0.133. The molecule has 0 bridgehead atoms. The third kappa shape index (κ3) is 1.61. The van der Waals surface area contributed by atoms with Gasteiger partial charge in [0.05, 0.1) is 7.11 Å². The highest BCUT2D eigenvalue weighted by atomic mass is 16.5. The number of hydrogen-bond donors (Lipinski definition) is 2. The van der Waals surface area contributed by atoms with Crippen LogP contribution in [0.1, 0.15) is 11.1 Å². The molecule has 19 heavy (non-hydrogen) atoms. The zero-order valence-corrected chi connectivity index (χ0v) is 10.4. The Morgan fingerprint density at radius 2 is 1.89 bits per heavy atom. The number of benzene rings is 2. The molecule has 0 saturated heterocycles. The van der Waals surface area contributed by atoms with Crippen molar-refractivity contribution in [3.8, 4) is 5.75 Å². The summed E-state index contributed by atoms with van der Waals surface area (Å²) >= 11 is 0. The van der Waals surface area contributed by atoms with Gasteiger partial charge >= 0.3 is 0 Å². The second-order valence-electron chi connectivity index (χ2n) is 4.44. The number of anilines is 1. The summed E-state index contributed by atoms with van der Waals surface area (Å²) in [6, 6.07) is 14.0. The van der Waals surface area contributed by atoms with E-state index in [1.807, 2.05) is 6.07 Å². The van der Waals surface area contributed by atoms with Gasteiger partial charge in [0.1, 0.15) is 5.75 Å². The molecule has 1 unspecified atom stereocenters. The van der Waals surface area contributed by atoms with E-state index in [0.29, 0.717) is 22.6 Å². The minimum Gasteiger partial charge on any atom is -0.497 e. The molecule has 0 radical (unpaired) electrons. The minimum absolute atomic E-state index is 0.443. The van der Waals surface area contributed by atoms with Crippen LogP contribution in [0.4, 0.5) is 5.69 Å². The zero-order valence-electron chi connectivity index (χ0n) is 10.4. The van der Waals surface area contributed by atoms with Crippen LogP contribution in [-0.4, -0.2) is 18.1 Å². The molecule has 3 rings (SSSR count). The van der Waals surface area contributed by atoms with Gasteiger partial charge in [-0.3, -0.25) is 4.79 Å². The lowest BCUT2D eigenvalue weighted by Gasteiger charge is -2.21. The van der Waals surface area contributed by atoms with Gasteiger partial charge in [0.25, 0.3) is 5.91 Å². The maximum Gasteiger partial charge on any atom is 0.265 e. The minimum atomic E-state index is -1.66. The quantitative estimate of drug-likeness (QED) is 0.861. The van der Waals surface area contributed by atoms with Crippen molar-refractivity contribution in [3.05, 3.63) is 59.7 Å². The van der Waals surface area contributed by atoms with Crippen molar-refractivity contribution in [2.45, 2.75) is 5.60 Å². The zero-order chi connectivity index (χ0) is 13.5. The van der Waals surface area contributed by atoms with Crippen molar-refractivity contribution < 1.29 is 14.6 Å². The number of carbonyl (C=O) groups is 1. The largest absolute Gasteiger partial charge is 0.497 e. The third-order valence-electron chi connectivity index (χ3n) is 3.38. The Bertz CT molecular complexity index is 639. The van der Waals surface area contributed by atoms with Crippen molar-refractivity contribution in [3.63, 3.8) is 0 Å². The van der Waals surface area contributed by atoms with Crippen molar-refractivity contribution in [2.24, 2.45) is 0 Å². The molecule has 1 heterocycles. The normalized spacial score (nSPS) is 20.8. The summed E-state index contributed by atoms with van der Waals surface area (Å²) in [6.45, 7) is 0. The van der Waals surface area contributed by atoms with Gasteiger partial charge in [-0.2, -0.15) is 0 Å². The summed E-state index contributed by atoms with van der Waals surface area (Å²) in [5, 5.41) is 13.5. The molecule has 96 valence electrons. The first kappa shape index (κ1) is 11.7. The van der Waals surface area contributed by atoms with Crippen LogP contribution in [0.2, 0.25) is 0 Å². The van der Waals surface area contributed by atoms with Crippen LogP contribution in [0.3, 0.4) is 0 Å². The van der Waals surface area contributed by atoms with Crippen molar-refractivity contribution in [1.29, 1.82) is 0 Å². The molecular formula is C15H13NO3. The van der Waals surface area contributed by atoms with Crippen LogP contribution in [-0.2, 0) is 10.4 Å². The first-order valence-electron chi connectivity index (χ1n) is 5.94. The van der Waals surface area contributed by atoms with E-state index in [0.717, 1.165) is 0 Å². The summed E-state index contributed by atoms with van der Waals surface area (Å²) < 4.78 is 5.15. The molecule has 0 aromatic heterocycles. The van der Waals surface area contributed by atoms with E-state index in [2.05, 4.69) is 5.32 Å². The van der Waals surface area contributed by atoms with Gasteiger partial charge in [-0.25, -0.2) is 0 Å². The van der Waals surface area contributed by atoms with E-state index in [-0.39, 0.29) is 0 Å². The number of amides is 1. The van der Waals surface area contributed by atoms with E-state index in [1.165, 1.54) is 0 Å². The second-order valence-corrected chi connectivity index (χ2v) is 4.44. The summed E-state index contributed by atoms with van der Waals surface area (Å²) in [5.74, 6) is 0.159. The Balaban J connectivity index is 2.21. The van der Waals surface area contributed by atoms with Crippen LogP contribution in [0.25, 0.3) is 0 Å². The first-order valence-corrected chi connectivity index (χ1v) is 5.94. The van der Waals surface area contributed by atoms with Crippen LogP contribution >= 0.6 is 0 Å². The number of aliphatic hydroxyl groups is 1. The lowest BCUT2D eigenvalue weighted by atomic mass is 9.87. The fourth-order valence-corrected chi connectivity index (χ4v) is 2.36. The second kappa shape index (κ2) is 4.10. The molecule has 1 atom stereocenters. The van der Waals surface area contributed by atoms with Crippen LogP contribution in [0.15, 0.2) is 48.5 Å². The number of hydrogen-bond acceptors (Lipinski definition) is 3. The highest BCUT2D eigenvalue weighted by Crippen LogP contribution is 2.42. The first-order chi connectivity index (χ1) is 9.16. The summed E-state index contributed by atoms with van der Waals surface area (Å²) in [6.07, 6.45) is 0. The number of nitrogens with one attached hydrogen (secondary N) is 1. The SMILES string of the molecule is COc1ccc2c(c1)C(O)(c1ccccc1)C(=O)N2. The Morgan fingerprint density at radius 1 is 1.16 bits per heavy atom. The molecule has 4 heteroatoms. The molecule has 0 spiro atoms. The maximum absolute atomic E-state index is 12.2. The van der Waals surface area contributed by atoms with E-state index >= 15 is 0 Å². The average Bonchev–Trinajstić information content (AvgIpc) is 2.72. The van der Waals surface area contributed by atoms with Crippen molar-refractivity contribution in [2.75, 3.05) is 12.4 Å². The Kier molecular flexibility index (Phi) is 2.54. The molecule has 4 nitrogen and oxygen atoms in total. The third-order valence-corrected chi connectivity index (χ3v) is 3.38. The molecule has 2 N–H and O–H groups in total. The van der Waals surface area contributed by atoms with Crippen molar-refractivity contribution >= 4 is 11.6 Å². The lowest BCUT2D eigenvalue weighted by molar-refractivity contribution is -0.129. The van der Waals surface area contributed by atoms with Crippen LogP contribution in [0.5, 0.6) is 5.75 Å². The smallest absolute Gasteiger partial charge is 0.265 e. The van der Waals surface area contributed by atoms with Gasteiger partial charge in [0, 0.05) is 11.3 Å².